The number of anilines is 1. The molecule has 0 heterocycles. The third-order valence-corrected chi connectivity index (χ3v) is 4.88. The van der Waals surface area contributed by atoms with Crippen LogP contribution in [0.5, 0.6) is 5.75 Å². The maximum atomic E-state index is 12.4. The topological polar surface area (TPSA) is 55.4 Å². The second-order valence-electron chi connectivity index (χ2n) is 5.79. The fourth-order valence-electron chi connectivity index (χ4n) is 2.49. The summed E-state index contributed by atoms with van der Waals surface area (Å²) in [5, 5.41) is 2.88. The number of hydrogen-bond donors (Lipinski definition) is 1. The number of methoxy groups -OCH3 is 1. The first-order valence-corrected chi connectivity index (χ1v) is 9.41. The predicted molar refractivity (Wildman–Crippen MR) is 109 cm³/mol. The van der Waals surface area contributed by atoms with Gasteiger partial charge in [-0.3, -0.25) is 9.59 Å². The van der Waals surface area contributed by atoms with Gasteiger partial charge in [-0.2, -0.15) is 0 Å². The summed E-state index contributed by atoms with van der Waals surface area (Å²) in [4.78, 5) is 25.6. The first-order valence-electron chi connectivity index (χ1n) is 8.42. The summed E-state index contributed by atoms with van der Waals surface area (Å²) >= 11 is 1.45. The van der Waals surface area contributed by atoms with Crippen molar-refractivity contribution in [2.24, 2.45) is 0 Å². The molecule has 3 aromatic carbocycles. The monoisotopic (exact) mass is 377 g/mol. The van der Waals surface area contributed by atoms with Crippen LogP contribution in [0.3, 0.4) is 0 Å². The molecule has 5 heteroatoms. The Kier molecular flexibility index (Phi) is 6.28. The number of benzene rings is 3. The number of carbonyl (C=O) groups excluding carboxylic acids is 2. The van der Waals surface area contributed by atoms with Gasteiger partial charge >= 0.3 is 0 Å². The van der Waals surface area contributed by atoms with E-state index >= 15 is 0 Å². The van der Waals surface area contributed by atoms with E-state index in [1.807, 2.05) is 54.6 Å². The molecule has 0 aromatic heterocycles. The van der Waals surface area contributed by atoms with E-state index < -0.39 is 0 Å². The lowest BCUT2D eigenvalue weighted by Crippen LogP contribution is -2.11. The fraction of sp³-hybridized carbons (Fsp3) is 0.0909. The zero-order chi connectivity index (χ0) is 19.1. The molecule has 0 spiro atoms. The molecule has 0 unspecified atom stereocenters. The zero-order valence-corrected chi connectivity index (χ0v) is 15.7. The Morgan fingerprint density at radius 3 is 2.41 bits per heavy atom. The van der Waals surface area contributed by atoms with Gasteiger partial charge < -0.3 is 10.1 Å². The van der Waals surface area contributed by atoms with Crippen LogP contribution in [0.25, 0.3) is 0 Å². The molecule has 0 aliphatic rings. The third-order valence-electron chi connectivity index (χ3n) is 3.89. The van der Waals surface area contributed by atoms with Crippen LogP contribution < -0.4 is 10.1 Å². The van der Waals surface area contributed by atoms with Gasteiger partial charge in [-0.05, 0) is 36.4 Å². The average Bonchev–Trinajstić information content (AvgIpc) is 2.73. The number of rotatable bonds is 7. The second kappa shape index (κ2) is 9.05. The number of ether oxygens (including phenoxy) is 1. The molecule has 0 fully saturated rings. The van der Waals surface area contributed by atoms with E-state index in [-0.39, 0.29) is 11.7 Å². The van der Waals surface area contributed by atoms with Gasteiger partial charge in [0.15, 0.2) is 5.78 Å². The highest BCUT2D eigenvalue weighted by Crippen LogP contribution is 2.23. The van der Waals surface area contributed by atoms with Crippen molar-refractivity contribution in [2.75, 3.05) is 18.2 Å². The number of thioether (sulfide) groups is 1. The van der Waals surface area contributed by atoms with E-state index in [0.717, 1.165) is 4.90 Å². The largest absolute Gasteiger partial charge is 0.497 e. The van der Waals surface area contributed by atoms with Gasteiger partial charge in [0.25, 0.3) is 5.91 Å². The number of nitrogens with one attached hydrogen (secondary N) is 1. The van der Waals surface area contributed by atoms with Gasteiger partial charge in [-0.25, -0.2) is 0 Å². The smallest absolute Gasteiger partial charge is 0.255 e. The molecule has 0 saturated carbocycles. The summed E-state index contributed by atoms with van der Waals surface area (Å²) in [6.07, 6.45) is 0. The molecule has 1 amide bonds. The maximum absolute atomic E-state index is 12.4. The Hall–Kier alpha value is -3.05. The minimum atomic E-state index is -0.212. The van der Waals surface area contributed by atoms with Crippen molar-refractivity contribution in [2.45, 2.75) is 4.90 Å². The molecule has 4 nitrogen and oxygen atoms in total. The minimum Gasteiger partial charge on any atom is -0.497 e. The summed E-state index contributed by atoms with van der Waals surface area (Å²) in [5.41, 5.74) is 1.90. The van der Waals surface area contributed by atoms with E-state index in [2.05, 4.69) is 5.32 Å². The number of amides is 1. The SMILES string of the molecule is COc1cccc(C(=O)Nc2cccc(SCC(=O)c3ccccc3)c2)c1. The normalized spacial score (nSPS) is 10.3. The van der Waals surface area contributed by atoms with Gasteiger partial charge in [0.1, 0.15) is 5.75 Å². The van der Waals surface area contributed by atoms with Crippen molar-refractivity contribution < 1.29 is 14.3 Å². The highest BCUT2D eigenvalue weighted by Gasteiger charge is 2.09. The molecule has 3 rings (SSSR count). The van der Waals surface area contributed by atoms with Crippen LogP contribution in [0.4, 0.5) is 5.69 Å². The molecular formula is C22H19NO3S. The Morgan fingerprint density at radius 1 is 0.889 bits per heavy atom. The van der Waals surface area contributed by atoms with Gasteiger partial charge in [0, 0.05) is 21.7 Å². The molecule has 0 atom stereocenters. The van der Waals surface area contributed by atoms with Crippen LogP contribution in [0.1, 0.15) is 20.7 Å². The van der Waals surface area contributed by atoms with E-state index in [0.29, 0.717) is 28.3 Å². The van der Waals surface area contributed by atoms with E-state index in [1.165, 1.54) is 11.8 Å². The Morgan fingerprint density at radius 2 is 1.63 bits per heavy atom. The molecule has 0 aliphatic carbocycles. The first-order chi connectivity index (χ1) is 13.2. The molecule has 0 saturated heterocycles. The summed E-state index contributed by atoms with van der Waals surface area (Å²) in [6, 6.07) is 23.7. The van der Waals surface area contributed by atoms with Crippen molar-refractivity contribution >= 4 is 29.1 Å². The molecule has 0 bridgehead atoms. The second-order valence-corrected chi connectivity index (χ2v) is 6.84. The quantitative estimate of drug-likeness (QED) is 0.469. The fourth-order valence-corrected chi connectivity index (χ4v) is 3.34. The van der Waals surface area contributed by atoms with Gasteiger partial charge in [-0.15, -0.1) is 11.8 Å². The van der Waals surface area contributed by atoms with Crippen LogP contribution in [0.2, 0.25) is 0 Å². The number of carbonyl (C=O) groups is 2. The van der Waals surface area contributed by atoms with E-state index in [9.17, 15) is 9.59 Å². The summed E-state index contributed by atoms with van der Waals surface area (Å²) in [7, 11) is 1.56. The number of ketones is 1. The molecule has 0 aliphatic heterocycles. The summed E-state index contributed by atoms with van der Waals surface area (Å²) in [5.74, 6) is 0.839. The van der Waals surface area contributed by atoms with E-state index in [4.69, 9.17) is 4.74 Å². The van der Waals surface area contributed by atoms with Crippen LogP contribution in [-0.4, -0.2) is 24.6 Å². The predicted octanol–water partition coefficient (Wildman–Crippen LogP) is 4.92. The first kappa shape index (κ1) is 18.7. The lowest BCUT2D eigenvalue weighted by atomic mass is 10.2. The van der Waals surface area contributed by atoms with E-state index in [1.54, 1.807) is 31.4 Å². The molecule has 0 radical (unpaired) electrons. The molecule has 1 N–H and O–H groups in total. The molecule has 3 aromatic rings. The van der Waals surface area contributed by atoms with Crippen LogP contribution in [-0.2, 0) is 0 Å². The van der Waals surface area contributed by atoms with Crippen molar-refractivity contribution in [1.82, 2.24) is 0 Å². The number of hydrogen-bond acceptors (Lipinski definition) is 4. The van der Waals surface area contributed by atoms with Crippen LogP contribution >= 0.6 is 11.8 Å². The van der Waals surface area contributed by atoms with Crippen LogP contribution in [0.15, 0.2) is 83.8 Å². The van der Waals surface area contributed by atoms with Gasteiger partial charge in [0.05, 0.1) is 12.9 Å². The Balaban J connectivity index is 1.63. The lowest BCUT2D eigenvalue weighted by molar-refractivity contribution is 0.101. The van der Waals surface area contributed by atoms with Crippen LogP contribution in [0, 0.1) is 0 Å². The Labute approximate surface area is 162 Å². The third kappa shape index (κ3) is 5.21. The summed E-state index contributed by atoms with van der Waals surface area (Å²) < 4.78 is 5.15. The van der Waals surface area contributed by atoms with Crippen molar-refractivity contribution in [3.63, 3.8) is 0 Å². The molecule has 136 valence electrons. The Bertz CT molecular complexity index is 941. The van der Waals surface area contributed by atoms with Crippen molar-refractivity contribution in [3.05, 3.63) is 90.0 Å². The van der Waals surface area contributed by atoms with Crippen molar-refractivity contribution in [3.8, 4) is 5.75 Å². The zero-order valence-electron chi connectivity index (χ0n) is 14.8. The van der Waals surface area contributed by atoms with Crippen molar-refractivity contribution in [1.29, 1.82) is 0 Å². The average molecular weight is 377 g/mol. The lowest BCUT2D eigenvalue weighted by Gasteiger charge is -2.08. The maximum Gasteiger partial charge on any atom is 0.255 e. The minimum absolute atomic E-state index is 0.0754. The molecular weight excluding hydrogens is 358 g/mol. The van der Waals surface area contributed by atoms with Gasteiger partial charge in [-0.1, -0.05) is 42.5 Å². The highest BCUT2D eigenvalue weighted by atomic mass is 32.2. The van der Waals surface area contributed by atoms with Gasteiger partial charge in [0.2, 0.25) is 0 Å². The standard InChI is InChI=1S/C22H19NO3S/c1-26-19-11-5-9-17(13-19)22(25)23-18-10-6-12-20(14-18)27-15-21(24)16-7-3-2-4-8-16/h2-14H,15H2,1H3,(H,23,25). The summed E-state index contributed by atoms with van der Waals surface area (Å²) in [6.45, 7) is 0. The molecule has 27 heavy (non-hydrogen) atoms. The number of Topliss-reactive ketones (excluding diaryl/α,β-unsaturated/α-hetero) is 1. The highest BCUT2D eigenvalue weighted by molar-refractivity contribution is 8.00.